The highest BCUT2D eigenvalue weighted by Crippen LogP contribution is 2.38. The van der Waals surface area contributed by atoms with E-state index in [1.807, 2.05) is 0 Å². The van der Waals surface area contributed by atoms with Crippen molar-refractivity contribution in [2.45, 2.75) is 12.8 Å². The molecule has 0 aromatic heterocycles. The molecule has 0 aliphatic heterocycles. The Morgan fingerprint density at radius 1 is 0.860 bits per heavy atom. The smallest absolute Gasteiger partial charge is 0.343 e. The summed E-state index contributed by atoms with van der Waals surface area (Å²) >= 11 is 0. The van der Waals surface area contributed by atoms with Gasteiger partial charge in [0.05, 0.1) is 45.1 Å². The lowest BCUT2D eigenvalue weighted by Gasteiger charge is -2.14. The minimum atomic E-state index is -0.687. The number of nitrogens with one attached hydrogen (secondary N) is 2. The molecule has 0 atom stereocenters. The first-order valence-corrected chi connectivity index (χ1v) is 12.8. The minimum Gasteiger partial charge on any atom is -0.493 e. The highest BCUT2D eigenvalue weighted by atomic mass is 16.6. The van der Waals surface area contributed by atoms with Gasteiger partial charge in [0.15, 0.2) is 23.0 Å². The Morgan fingerprint density at radius 3 is 2.19 bits per heavy atom. The zero-order valence-electron chi connectivity index (χ0n) is 23.9. The zero-order valence-corrected chi connectivity index (χ0v) is 23.9. The van der Waals surface area contributed by atoms with E-state index in [1.54, 1.807) is 12.1 Å². The third-order valence-electron chi connectivity index (χ3n) is 5.88. The monoisotopic (exact) mass is 594 g/mol. The molecular formula is C29H30N4O10. The van der Waals surface area contributed by atoms with Crippen LogP contribution in [0, 0.1) is 10.1 Å². The Morgan fingerprint density at radius 2 is 1.56 bits per heavy atom. The molecule has 0 aliphatic carbocycles. The van der Waals surface area contributed by atoms with Gasteiger partial charge in [-0.3, -0.25) is 19.7 Å². The molecule has 43 heavy (non-hydrogen) atoms. The summed E-state index contributed by atoms with van der Waals surface area (Å²) in [6.45, 7) is 0.187. The van der Waals surface area contributed by atoms with Crippen LogP contribution >= 0.6 is 0 Å². The number of carbonyl (C=O) groups excluding carboxylic acids is 3. The lowest BCUT2D eigenvalue weighted by atomic mass is 10.1. The average Bonchev–Trinajstić information content (AvgIpc) is 3.02. The van der Waals surface area contributed by atoms with Gasteiger partial charge >= 0.3 is 5.97 Å². The Bertz CT molecular complexity index is 1500. The number of nitrogens with zero attached hydrogens (tertiary/aromatic N) is 2. The number of nitro benzene ring substituents is 1. The fraction of sp³-hybridized carbons (Fsp3) is 0.241. The molecule has 14 heteroatoms. The van der Waals surface area contributed by atoms with Crippen molar-refractivity contribution in [1.29, 1.82) is 0 Å². The summed E-state index contributed by atoms with van der Waals surface area (Å²) in [4.78, 5) is 47.4. The van der Waals surface area contributed by atoms with Gasteiger partial charge in [0.25, 0.3) is 11.6 Å². The van der Waals surface area contributed by atoms with E-state index in [1.165, 1.54) is 77.1 Å². The van der Waals surface area contributed by atoms with Crippen molar-refractivity contribution in [1.82, 2.24) is 10.7 Å². The number of hydrogen-bond acceptors (Lipinski definition) is 11. The summed E-state index contributed by atoms with van der Waals surface area (Å²) in [7, 11) is 5.73. The lowest BCUT2D eigenvalue weighted by molar-refractivity contribution is -0.384. The van der Waals surface area contributed by atoms with Crippen molar-refractivity contribution in [3.05, 3.63) is 81.4 Å². The van der Waals surface area contributed by atoms with Crippen LogP contribution in [0.3, 0.4) is 0 Å². The number of hydrazone groups is 1. The van der Waals surface area contributed by atoms with Crippen molar-refractivity contribution in [2.75, 3.05) is 35.0 Å². The molecule has 0 radical (unpaired) electrons. The van der Waals surface area contributed by atoms with Gasteiger partial charge in [-0.1, -0.05) is 6.07 Å². The second-order valence-corrected chi connectivity index (χ2v) is 8.67. The quantitative estimate of drug-likeness (QED) is 0.0701. The zero-order chi connectivity index (χ0) is 31.4. The van der Waals surface area contributed by atoms with E-state index in [0.717, 1.165) is 0 Å². The van der Waals surface area contributed by atoms with Crippen molar-refractivity contribution in [2.24, 2.45) is 5.10 Å². The Labute approximate surface area is 246 Å². The average molecular weight is 595 g/mol. The number of esters is 1. The molecule has 0 aliphatic rings. The van der Waals surface area contributed by atoms with Gasteiger partial charge < -0.3 is 29.0 Å². The normalized spacial score (nSPS) is 10.5. The van der Waals surface area contributed by atoms with Crippen LogP contribution in [-0.2, 0) is 4.79 Å². The van der Waals surface area contributed by atoms with Crippen LogP contribution in [-0.4, -0.2) is 63.9 Å². The number of methoxy groups -OCH3 is 4. The molecule has 2 amide bonds. The van der Waals surface area contributed by atoms with Crippen LogP contribution in [0.2, 0.25) is 0 Å². The third-order valence-corrected chi connectivity index (χ3v) is 5.88. The topological polar surface area (TPSA) is 177 Å². The molecule has 0 heterocycles. The standard InChI is InChI=1S/C29H30N4O10/c1-39-23-13-18(10-11-22(23)43-29(36)20-15-24(40-2)27(42-4)25(16-20)41-3)17-31-32-26(34)9-6-12-30-28(35)19-7-5-8-21(14-19)33(37)38/h5,7-8,10-11,13-17H,6,9,12H2,1-4H3,(H,30,35)(H,32,34)/b31-17+. The van der Waals surface area contributed by atoms with Gasteiger partial charge in [-0.2, -0.15) is 5.10 Å². The van der Waals surface area contributed by atoms with E-state index in [0.29, 0.717) is 29.2 Å². The Kier molecular flexibility index (Phi) is 11.4. The maximum absolute atomic E-state index is 12.9. The molecule has 0 bridgehead atoms. The van der Waals surface area contributed by atoms with Gasteiger partial charge in [-0.05, 0) is 48.4 Å². The molecule has 0 unspecified atom stereocenters. The predicted octanol–water partition coefficient (Wildman–Crippen LogP) is 3.51. The molecule has 3 rings (SSSR count). The maximum Gasteiger partial charge on any atom is 0.343 e. The van der Waals surface area contributed by atoms with E-state index in [4.69, 9.17) is 23.7 Å². The van der Waals surface area contributed by atoms with Crippen LogP contribution < -0.4 is 34.4 Å². The van der Waals surface area contributed by atoms with Crippen LogP contribution in [0.4, 0.5) is 5.69 Å². The first-order chi connectivity index (χ1) is 20.7. The second-order valence-electron chi connectivity index (χ2n) is 8.67. The van der Waals surface area contributed by atoms with Crippen molar-refractivity contribution in [3.8, 4) is 28.7 Å². The summed E-state index contributed by atoms with van der Waals surface area (Å²) in [5.41, 5.74) is 3.07. The van der Waals surface area contributed by atoms with Gasteiger partial charge in [0.2, 0.25) is 11.7 Å². The summed E-state index contributed by atoms with van der Waals surface area (Å²) < 4.78 is 26.7. The van der Waals surface area contributed by atoms with Crippen LogP contribution in [0.15, 0.2) is 59.7 Å². The fourth-order valence-corrected chi connectivity index (χ4v) is 3.75. The van der Waals surface area contributed by atoms with Crippen molar-refractivity contribution >= 4 is 29.7 Å². The summed E-state index contributed by atoms with van der Waals surface area (Å²) in [5.74, 6) is -0.242. The van der Waals surface area contributed by atoms with Gasteiger partial charge in [-0.25, -0.2) is 10.2 Å². The van der Waals surface area contributed by atoms with E-state index in [9.17, 15) is 24.5 Å². The molecule has 3 aromatic carbocycles. The molecule has 226 valence electrons. The maximum atomic E-state index is 12.9. The van der Waals surface area contributed by atoms with Crippen LogP contribution in [0.5, 0.6) is 28.7 Å². The molecule has 0 fully saturated rings. The number of ether oxygens (including phenoxy) is 5. The number of amides is 2. The molecular weight excluding hydrogens is 564 g/mol. The highest BCUT2D eigenvalue weighted by Gasteiger charge is 2.20. The molecule has 0 saturated carbocycles. The second kappa shape index (κ2) is 15.4. The van der Waals surface area contributed by atoms with Gasteiger partial charge in [0, 0.05) is 30.7 Å². The molecule has 14 nitrogen and oxygen atoms in total. The Hall–Kier alpha value is -5.66. The number of carbonyl (C=O) groups is 3. The van der Waals surface area contributed by atoms with E-state index >= 15 is 0 Å². The number of hydrogen-bond donors (Lipinski definition) is 2. The van der Waals surface area contributed by atoms with Crippen molar-refractivity contribution in [3.63, 3.8) is 0 Å². The first-order valence-electron chi connectivity index (χ1n) is 12.8. The van der Waals surface area contributed by atoms with Gasteiger partial charge in [0.1, 0.15) is 0 Å². The fourth-order valence-electron chi connectivity index (χ4n) is 3.75. The molecule has 3 aromatic rings. The van der Waals surface area contributed by atoms with Crippen LogP contribution in [0.25, 0.3) is 0 Å². The first kappa shape index (κ1) is 31.9. The van der Waals surface area contributed by atoms with Crippen molar-refractivity contribution < 1.29 is 43.0 Å². The third kappa shape index (κ3) is 8.66. The summed E-state index contributed by atoms with van der Waals surface area (Å²) in [6, 6.07) is 13.0. The summed E-state index contributed by atoms with van der Waals surface area (Å²) in [6.07, 6.45) is 1.78. The SMILES string of the molecule is COc1cc(/C=N/NC(=O)CCCNC(=O)c2cccc([N+](=O)[O-])c2)ccc1OC(=O)c1cc(OC)c(OC)c(OC)c1. The Balaban J connectivity index is 1.52. The number of nitro groups is 1. The number of rotatable bonds is 14. The largest absolute Gasteiger partial charge is 0.493 e. The number of non-ortho nitro benzene ring substituents is 1. The summed E-state index contributed by atoms with van der Waals surface area (Å²) in [5, 5.41) is 17.4. The van der Waals surface area contributed by atoms with E-state index in [2.05, 4.69) is 15.8 Å². The number of benzene rings is 3. The van der Waals surface area contributed by atoms with Gasteiger partial charge in [-0.15, -0.1) is 0 Å². The lowest BCUT2D eigenvalue weighted by Crippen LogP contribution is -2.26. The van der Waals surface area contributed by atoms with Crippen LogP contribution in [0.1, 0.15) is 39.1 Å². The predicted molar refractivity (Wildman–Crippen MR) is 154 cm³/mol. The van der Waals surface area contributed by atoms with E-state index in [-0.39, 0.29) is 47.2 Å². The molecule has 0 saturated heterocycles. The minimum absolute atomic E-state index is 0.0751. The highest BCUT2D eigenvalue weighted by molar-refractivity contribution is 5.95. The molecule has 2 N–H and O–H groups in total. The van der Waals surface area contributed by atoms with E-state index < -0.39 is 16.8 Å². The molecule has 0 spiro atoms.